The van der Waals surface area contributed by atoms with Crippen molar-refractivity contribution in [2.45, 2.75) is 140 Å². The van der Waals surface area contributed by atoms with E-state index in [1.165, 1.54) is 82.4 Å². The number of fused-ring (bicyclic) bond motifs is 1. The van der Waals surface area contributed by atoms with Crippen molar-refractivity contribution < 1.29 is 19.1 Å². The molecular weight excluding hydrogens is 554 g/mol. The number of pyridine rings is 1. The molecule has 43 heavy (non-hydrogen) atoms. The zero-order valence-corrected chi connectivity index (χ0v) is 27.7. The lowest BCUT2D eigenvalue weighted by Gasteiger charge is -2.36. The van der Waals surface area contributed by atoms with E-state index in [9.17, 15) is 9.59 Å². The molecule has 1 atom stereocenters. The van der Waals surface area contributed by atoms with Crippen molar-refractivity contribution in [1.82, 2.24) is 4.98 Å². The van der Waals surface area contributed by atoms with E-state index in [2.05, 4.69) is 49.7 Å². The maximum Gasteiger partial charge on any atom is 0.339 e. The third-order valence-electron chi connectivity index (χ3n) is 8.00. The Balaban J connectivity index is 1.38. The molecule has 5 nitrogen and oxygen atoms in total. The Morgan fingerprint density at radius 2 is 1.53 bits per heavy atom. The molecule has 0 amide bonds. The summed E-state index contributed by atoms with van der Waals surface area (Å²) in [6.07, 6.45) is 19.6. The maximum absolute atomic E-state index is 12.6. The number of carbonyl (C=O) groups excluding carboxylic acids is 2. The minimum Gasteiger partial charge on any atom is -0.462 e. The fourth-order valence-electron chi connectivity index (χ4n) is 5.45. The van der Waals surface area contributed by atoms with Crippen LogP contribution in [0.15, 0.2) is 41.4 Å². The minimum atomic E-state index is -0.382. The van der Waals surface area contributed by atoms with Crippen LogP contribution in [0.3, 0.4) is 0 Å². The number of aromatic nitrogens is 1. The van der Waals surface area contributed by atoms with Crippen molar-refractivity contribution >= 4 is 23.7 Å². The van der Waals surface area contributed by atoms with Crippen molar-refractivity contribution in [1.29, 1.82) is 0 Å². The number of esters is 2. The third kappa shape index (κ3) is 12.4. The quantitative estimate of drug-likeness (QED) is 0.102. The fourth-order valence-corrected chi connectivity index (χ4v) is 6.99. The van der Waals surface area contributed by atoms with E-state index in [0.29, 0.717) is 24.3 Å². The van der Waals surface area contributed by atoms with Crippen LogP contribution in [0.25, 0.3) is 0 Å². The lowest BCUT2D eigenvalue weighted by molar-refractivity contribution is -0.145. The summed E-state index contributed by atoms with van der Waals surface area (Å²) in [5, 5.41) is 0. The number of unbranched alkanes of at least 4 members (excludes halogenated alkanes) is 12. The summed E-state index contributed by atoms with van der Waals surface area (Å²) in [6, 6.07) is 9.62. The molecule has 6 heteroatoms. The molecule has 0 bridgehead atoms. The van der Waals surface area contributed by atoms with Crippen LogP contribution in [0.4, 0.5) is 0 Å². The van der Waals surface area contributed by atoms with Gasteiger partial charge in [0.15, 0.2) is 5.44 Å². The molecule has 234 valence electrons. The first-order valence-electron chi connectivity index (χ1n) is 16.5. The Kier molecular flexibility index (Phi) is 15.2. The van der Waals surface area contributed by atoms with Crippen molar-refractivity contribution in [2.75, 3.05) is 6.61 Å². The Hall–Kier alpha value is -2.78. The number of rotatable bonds is 17. The molecule has 0 N–H and O–H groups in total. The number of hydrogen-bond donors (Lipinski definition) is 0. The summed E-state index contributed by atoms with van der Waals surface area (Å²) in [5.41, 5.74) is 2.82. The lowest BCUT2D eigenvalue weighted by atomic mass is 9.80. The predicted octanol–water partition coefficient (Wildman–Crippen LogP) is 9.78. The summed E-state index contributed by atoms with van der Waals surface area (Å²) in [7, 11) is 0. The SMILES string of the molecule is CCCCCCCCCCCCCCCC(=O)OC1CC(C)(C)c2cc(C#Cc3ccc(C(=O)OCC)cn3)ccc2S1. The number of benzene rings is 1. The Morgan fingerprint density at radius 1 is 0.884 bits per heavy atom. The van der Waals surface area contributed by atoms with Gasteiger partial charge >= 0.3 is 11.9 Å². The Labute approximate surface area is 264 Å². The summed E-state index contributed by atoms with van der Waals surface area (Å²) < 4.78 is 10.9. The number of nitrogens with zero attached hydrogens (tertiary/aromatic N) is 1. The molecule has 2 aromatic rings. The minimum absolute atomic E-state index is 0.0798. The molecule has 3 rings (SSSR count). The topological polar surface area (TPSA) is 65.5 Å². The van der Waals surface area contributed by atoms with Crippen molar-refractivity contribution in [3.63, 3.8) is 0 Å². The molecule has 0 spiro atoms. The van der Waals surface area contributed by atoms with Gasteiger partial charge in [0.1, 0.15) is 5.69 Å². The van der Waals surface area contributed by atoms with Gasteiger partial charge in [-0.15, -0.1) is 0 Å². The largest absolute Gasteiger partial charge is 0.462 e. The average Bonchev–Trinajstić information content (AvgIpc) is 2.98. The highest BCUT2D eigenvalue weighted by Crippen LogP contribution is 2.46. The van der Waals surface area contributed by atoms with Crippen LogP contribution < -0.4 is 0 Å². The van der Waals surface area contributed by atoms with Gasteiger partial charge in [0.2, 0.25) is 0 Å². The molecular formula is C37H51NO4S. The second-order valence-electron chi connectivity index (χ2n) is 12.2. The van der Waals surface area contributed by atoms with Crippen molar-refractivity contribution in [3.05, 3.63) is 58.9 Å². The molecule has 2 heterocycles. The fraction of sp³-hybridized carbons (Fsp3) is 0.595. The molecule has 1 aromatic heterocycles. The van der Waals surface area contributed by atoms with Gasteiger partial charge in [-0.3, -0.25) is 4.79 Å². The molecule has 0 radical (unpaired) electrons. The van der Waals surface area contributed by atoms with E-state index >= 15 is 0 Å². The molecule has 0 saturated heterocycles. The number of ether oxygens (including phenoxy) is 2. The molecule has 1 aliphatic rings. The van der Waals surface area contributed by atoms with Crippen LogP contribution in [-0.2, 0) is 19.7 Å². The first-order valence-corrected chi connectivity index (χ1v) is 17.4. The zero-order valence-electron chi connectivity index (χ0n) is 26.8. The lowest BCUT2D eigenvalue weighted by Crippen LogP contribution is -2.31. The number of thioether (sulfide) groups is 1. The van der Waals surface area contributed by atoms with Gasteiger partial charge in [0, 0.05) is 29.5 Å². The van der Waals surface area contributed by atoms with E-state index in [1.807, 2.05) is 6.07 Å². The van der Waals surface area contributed by atoms with Gasteiger partial charge < -0.3 is 9.47 Å². The monoisotopic (exact) mass is 605 g/mol. The van der Waals surface area contributed by atoms with Crippen LogP contribution in [0.1, 0.15) is 151 Å². The number of carbonyl (C=O) groups is 2. The second-order valence-corrected chi connectivity index (χ2v) is 13.4. The van der Waals surface area contributed by atoms with Crippen LogP contribution in [0.5, 0.6) is 0 Å². The first kappa shape index (κ1) is 34.7. The van der Waals surface area contributed by atoms with Crippen LogP contribution in [0.2, 0.25) is 0 Å². The van der Waals surface area contributed by atoms with Crippen LogP contribution in [0, 0.1) is 11.8 Å². The average molecular weight is 606 g/mol. The normalized spacial score (nSPS) is 15.2. The van der Waals surface area contributed by atoms with Gasteiger partial charge in [-0.05, 0) is 60.6 Å². The summed E-state index contributed by atoms with van der Waals surface area (Å²) in [5.74, 6) is 5.83. The van der Waals surface area contributed by atoms with Gasteiger partial charge in [-0.25, -0.2) is 9.78 Å². The Morgan fingerprint density at radius 3 is 2.14 bits per heavy atom. The first-order chi connectivity index (χ1) is 20.8. The highest BCUT2D eigenvalue weighted by Gasteiger charge is 2.35. The van der Waals surface area contributed by atoms with Gasteiger partial charge in [-0.2, -0.15) is 0 Å². The van der Waals surface area contributed by atoms with E-state index in [-0.39, 0.29) is 22.8 Å². The van der Waals surface area contributed by atoms with Gasteiger partial charge in [0.05, 0.1) is 12.2 Å². The molecule has 1 aromatic carbocycles. The van der Waals surface area contributed by atoms with E-state index in [0.717, 1.165) is 29.7 Å². The molecule has 0 fully saturated rings. The highest BCUT2D eigenvalue weighted by atomic mass is 32.2. The zero-order chi connectivity index (χ0) is 30.9. The predicted molar refractivity (Wildman–Crippen MR) is 176 cm³/mol. The van der Waals surface area contributed by atoms with Gasteiger partial charge in [-0.1, -0.05) is 116 Å². The van der Waals surface area contributed by atoms with Crippen molar-refractivity contribution in [2.24, 2.45) is 0 Å². The van der Waals surface area contributed by atoms with Gasteiger partial charge in [0.25, 0.3) is 0 Å². The van der Waals surface area contributed by atoms with Crippen molar-refractivity contribution in [3.8, 4) is 11.8 Å². The third-order valence-corrected chi connectivity index (χ3v) is 9.14. The summed E-state index contributed by atoms with van der Waals surface area (Å²) >= 11 is 1.63. The van der Waals surface area contributed by atoms with Crippen LogP contribution in [-0.4, -0.2) is 29.0 Å². The van der Waals surface area contributed by atoms with E-state index in [4.69, 9.17) is 9.47 Å². The standard InChI is InChI=1S/C37H51NO4S/c1-5-7-8-9-10-11-12-13-14-15-16-17-18-19-34(39)42-35-27-37(3,4)32-26-29(21-25-33(32)43-35)20-23-31-24-22-30(28-38-31)36(40)41-6-2/h21-22,24-26,28,35H,5-19,27H2,1-4H3. The number of hydrogen-bond acceptors (Lipinski definition) is 6. The smallest absolute Gasteiger partial charge is 0.339 e. The molecule has 1 aliphatic heterocycles. The maximum atomic E-state index is 12.6. The molecule has 0 aliphatic carbocycles. The Bertz CT molecular complexity index is 1210. The highest BCUT2D eigenvalue weighted by molar-refractivity contribution is 7.99. The second kappa shape index (κ2) is 18.8. The van der Waals surface area contributed by atoms with Crippen LogP contribution >= 0.6 is 11.8 Å². The van der Waals surface area contributed by atoms with E-state index in [1.54, 1.807) is 30.8 Å². The molecule has 1 unspecified atom stereocenters. The summed E-state index contributed by atoms with van der Waals surface area (Å²) in [6.45, 7) is 8.77. The van der Waals surface area contributed by atoms with E-state index < -0.39 is 0 Å². The molecule has 0 saturated carbocycles. The summed E-state index contributed by atoms with van der Waals surface area (Å²) in [4.78, 5) is 29.9.